The lowest BCUT2D eigenvalue weighted by Gasteiger charge is -2.29. The summed E-state index contributed by atoms with van der Waals surface area (Å²) in [6.45, 7) is 13.5. The predicted molar refractivity (Wildman–Crippen MR) is 98.0 cm³/mol. The van der Waals surface area contributed by atoms with E-state index in [-0.39, 0.29) is 22.8 Å². The van der Waals surface area contributed by atoms with Gasteiger partial charge in [-0.3, -0.25) is 9.59 Å². The highest BCUT2D eigenvalue weighted by Gasteiger charge is 2.30. The zero-order chi connectivity index (χ0) is 19.7. The largest absolute Gasteiger partial charge is 0.492 e. The van der Waals surface area contributed by atoms with Crippen molar-refractivity contribution in [3.8, 4) is 11.9 Å². The molecule has 138 valence electrons. The average molecular weight is 347 g/mol. The Morgan fingerprint density at radius 3 is 2.24 bits per heavy atom. The monoisotopic (exact) mass is 347 g/mol. The first-order valence-electron chi connectivity index (χ1n) is 8.38. The van der Waals surface area contributed by atoms with Crippen LogP contribution >= 0.6 is 0 Å². The molecular weight excluding hydrogens is 318 g/mol. The molecule has 0 bridgehead atoms. The second-order valence-corrected chi connectivity index (χ2v) is 8.68. The van der Waals surface area contributed by atoms with Crippen molar-refractivity contribution in [2.24, 2.45) is 16.7 Å². The molecule has 0 aliphatic carbocycles. The number of pyridine rings is 1. The van der Waals surface area contributed by atoms with Gasteiger partial charge >= 0.3 is 0 Å². The summed E-state index contributed by atoms with van der Waals surface area (Å²) >= 11 is 0. The van der Waals surface area contributed by atoms with Crippen LogP contribution < -0.4 is 10.6 Å². The molecule has 1 N–H and O–H groups in total. The summed E-state index contributed by atoms with van der Waals surface area (Å²) in [5, 5.41) is 21.0. The number of aromatic hydroxyl groups is 1. The van der Waals surface area contributed by atoms with Gasteiger partial charge in [0, 0.05) is 18.5 Å². The zero-order valence-corrected chi connectivity index (χ0v) is 16.5. The van der Waals surface area contributed by atoms with E-state index in [1.807, 2.05) is 13.0 Å². The molecular formula is C19H29N3O3. The van der Waals surface area contributed by atoms with Gasteiger partial charge in [-0.2, -0.15) is 9.94 Å². The van der Waals surface area contributed by atoms with Gasteiger partial charge in [0.1, 0.15) is 11.6 Å². The van der Waals surface area contributed by atoms with Crippen LogP contribution in [-0.2, 0) is 11.2 Å². The third-order valence-electron chi connectivity index (χ3n) is 4.60. The summed E-state index contributed by atoms with van der Waals surface area (Å²) in [6, 6.07) is 3.31. The molecule has 6 heteroatoms. The topological polar surface area (TPSA) is 86.3 Å². The van der Waals surface area contributed by atoms with E-state index in [9.17, 15) is 20.0 Å². The fourth-order valence-corrected chi connectivity index (χ4v) is 2.42. The molecule has 1 heterocycles. The molecule has 1 unspecified atom stereocenters. The number of hydrogen-bond donors (Lipinski definition) is 1. The SMILES string of the molecule is CC(Cc1cc(=O)n(N(C)C(=O)C(C)(C)C)c(O)c1C#N)C(C)(C)C. The van der Waals surface area contributed by atoms with Crippen molar-refractivity contribution < 1.29 is 9.90 Å². The van der Waals surface area contributed by atoms with Crippen LogP contribution in [0.1, 0.15) is 59.6 Å². The lowest BCUT2D eigenvalue weighted by Crippen LogP contribution is -2.48. The number of nitriles is 1. The first-order valence-corrected chi connectivity index (χ1v) is 8.38. The van der Waals surface area contributed by atoms with E-state index in [4.69, 9.17) is 0 Å². The first-order chi connectivity index (χ1) is 11.2. The normalized spacial score (nSPS) is 13.2. The smallest absolute Gasteiger partial charge is 0.272 e. The molecule has 0 aliphatic rings. The van der Waals surface area contributed by atoms with Gasteiger partial charge in [-0.1, -0.05) is 48.5 Å². The van der Waals surface area contributed by atoms with E-state index in [1.54, 1.807) is 20.8 Å². The highest BCUT2D eigenvalue weighted by atomic mass is 16.3. The van der Waals surface area contributed by atoms with E-state index >= 15 is 0 Å². The molecule has 0 spiro atoms. The lowest BCUT2D eigenvalue weighted by molar-refractivity contribution is -0.127. The highest BCUT2D eigenvalue weighted by Crippen LogP contribution is 2.30. The maximum Gasteiger partial charge on any atom is 0.272 e. The average Bonchev–Trinajstić information content (AvgIpc) is 2.44. The first kappa shape index (κ1) is 20.8. The molecule has 0 fully saturated rings. The van der Waals surface area contributed by atoms with Gasteiger partial charge in [0.2, 0.25) is 11.8 Å². The van der Waals surface area contributed by atoms with Gasteiger partial charge in [0.15, 0.2) is 0 Å². The lowest BCUT2D eigenvalue weighted by atomic mass is 9.78. The van der Waals surface area contributed by atoms with Gasteiger partial charge < -0.3 is 5.11 Å². The molecule has 1 aromatic heterocycles. The maximum atomic E-state index is 12.5. The van der Waals surface area contributed by atoms with Crippen LogP contribution in [0.2, 0.25) is 0 Å². The van der Waals surface area contributed by atoms with Gasteiger partial charge in [0.25, 0.3) is 5.56 Å². The van der Waals surface area contributed by atoms with Crippen molar-refractivity contribution in [1.29, 1.82) is 5.26 Å². The Morgan fingerprint density at radius 2 is 1.84 bits per heavy atom. The number of nitrogens with zero attached hydrogens (tertiary/aromatic N) is 3. The number of aromatic nitrogens is 1. The summed E-state index contributed by atoms with van der Waals surface area (Å²) in [6.07, 6.45) is 0.493. The van der Waals surface area contributed by atoms with E-state index in [2.05, 4.69) is 20.8 Å². The fraction of sp³-hybridized carbons (Fsp3) is 0.632. The van der Waals surface area contributed by atoms with Crippen molar-refractivity contribution in [3.63, 3.8) is 0 Å². The van der Waals surface area contributed by atoms with E-state index < -0.39 is 16.9 Å². The van der Waals surface area contributed by atoms with Crippen molar-refractivity contribution in [2.45, 2.75) is 54.9 Å². The molecule has 1 atom stereocenters. The minimum atomic E-state index is -0.729. The van der Waals surface area contributed by atoms with Gasteiger partial charge in [-0.25, -0.2) is 5.01 Å². The molecule has 0 aromatic carbocycles. The van der Waals surface area contributed by atoms with Crippen LogP contribution in [0.5, 0.6) is 5.88 Å². The molecule has 6 nitrogen and oxygen atoms in total. The number of carbonyl (C=O) groups excluding carboxylic acids is 1. The van der Waals surface area contributed by atoms with Crippen LogP contribution in [0.3, 0.4) is 0 Å². The summed E-state index contributed by atoms with van der Waals surface area (Å²) in [4.78, 5) is 25.0. The Hall–Kier alpha value is -2.29. The molecule has 0 aliphatic heterocycles. The zero-order valence-electron chi connectivity index (χ0n) is 16.5. The maximum absolute atomic E-state index is 12.5. The summed E-state index contributed by atoms with van der Waals surface area (Å²) in [5.41, 5.74) is -0.736. The van der Waals surface area contributed by atoms with Gasteiger partial charge in [-0.05, 0) is 23.3 Å². The van der Waals surface area contributed by atoms with Crippen molar-refractivity contribution in [1.82, 2.24) is 4.68 Å². The molecule has 1 aromatic rings. The van der Waals surface area contributed by atoms with Crippen LogP contribution in [-0.4, -0.2) is 22.7 Å². The van der Waals surface area contributed by atoms with Crippen LogP contribution in [0.4, 0.5) is 0 Å². The summed E-state index contributed by atoms with van der Waals surface area (Å²) < 4.78 is 0.859. The Kier molecular flexibility index (Phi) is 5.74. The highest BCUT2D eigenvalue weighted by molar-refractivity contribution is 5.90. The third kappa shape index (κ3) is 4.41. The fourth-order valence-electron chi connectivity index (χ4n) is 2.42. The van der Waals surface area contributed by atoms with E-state index in [0.29, 0.717) is 12.0 Å². The molecule has 1 rings (SSSR count). The Balaban J connectivity index is 3.47. The molecule has 0 saturated carbocycles. The number of hydrogen-bond acceptors (Lipinski definition) is 4. The van der Waals surface area contributed by atoms with Gasteiger partial charge in [0.05, 0.1) is 0 Å². The Labute approximate surface area is 149 Å². The molecule has 1 amide bonds. The van der Waals surface area contributed by atoms with Crippen LogP contribution in [0.15, 0.2) is 10.9 Å². The summed E-state index contributed by atoms with van der Waals surface area (Å²) in [7, 11) is 1.41. The van der Waals surface area contributed by atoms with E-state index in [0.717, 1.165) is 9.69 Å². The minimum Gasteiger partial charge on any atom is -0.492 e. The summed E-state index contributed by atoms with van der Waals surface area (Å²) in [5.74, 6) is -0.640. The second kappa shape index (κ2) is 6.91. The van der Waals surface area contributed by atoms with Crippen molar-refractivity contribution in [2.75, 3.05) is 12.1 Å². The van der Waals surface area contributed by atoms with Crippen LogP contribution in [0, 0.1) is 28.1 Å². The Morgan fingerprint density at radius 1 is 1.32 bits per heavy atom. The van der Waals surface area contributed by atoms with Gasteiger partial charge in [-0.15, -0.1) is 0 Å². The third-order valence-corrected chi connectivity index (χ3v) is 4.60. The molecule has 0 radical (unpaired) electrons. The number of rotatable bonds is 3. The molecule has 0 saturated heterocycles. The standard InChI is InChI=1S/C19H29N3O3/c1-12(18(2,3)4)9-13-10-15(23)22(16(24)14(13)11-20)21(8)17(25)19(5,6)7/h10,12,24H,9H2,1-8H3. The quantitative estimate of drug-likeness (QED) is 0.911. The van der Waals surface area contributed by atoms with Crippen molar-refractivity contribution in [3.05, 3.63) is 27.5 Å². The molecule has 25 heavy (non-hydrogen) atoms. The predicted octanol–water partition coefficient (Wildman–Crippen LogP) is 2.79. The minimum absolute atomic E-state index is 0.00377. The number of amides is 1. The second-order valence-electron chi connectivity index (χ2n) is 8.68. The van der Waals surface area contributed by atoms with Crippen molar-refractivity contribution >= 4 is 5.91 Å². The van der Waals surface area contributed by atoms with Crippen LogP contribution in [0.25, 0.3) is 0 Å². The Bertz CT molecular complexity index is 758. The number of carbonyl (C=O) groups is 1. The van der Waals surface area contributed by atoms with E-state index in [1.165, 1.54) is 13.1 Å².